The maximum absolute atomic E-state index is 12.3. The number of nitrogens with zero attached hydrogens (tertiary/aromatic N) is 2. The molecule has 0 unspecified atom stereocenters. The summed E-state index contributed by atoms with van der Waals surface area (Å²) < 4.78 is 0. The smallest absolute Gasteiger partial charge is 0.241 e. The molecule has 2 rings (SSSR count). The van der Waals surface area contributed by atoms with Gasteiger partial charge in [0, 0.05) is 43.8 Å². The van der Waals surface area contributed by atoms with Crippen molar-refractivity contribution in [1.82, 2.24) is 9.80 Å². The minimum absolute atomic E-state index is 0.0615. The van der Waals surface area contributed by atoms with Crippen LogP contribution in [0.2, 0.25) is 5.02 Å². The molecule has 0 aliphatic carbocycles. The van der Waals surface area contributed by atoms with Gasteiger partial charge < -0.3 is 10.2 Å². The summed E-state index contributed by atoms with van der Waals surface area (Å²) in [6, 6.07) is 6.86. The number of piperazine rings is 1. The summed E-state index contributed by atoms with van der Waals surface area (Å²) in [6.07, 6.45) is 0. The Labute approximate surface area is 129 Å². The minimum Gasteiger partial charge on any atom is -0.340 e. The normalized spacial score (nSPS) is 17.4. The van der Waals surface area contributed by atoms with Crippen molar-refractivity contribution in [2.24, 2.45) is 0 Å². The third-order valence-electron chi connectivity index (χ3n) is 3.78. The lowest BCUT2D eigenvalue weighted by molar-refractivity contribution is -0.131. The van der Waals surface area contributed by atoms with Gasteiger partial charge in [-0.15, -0.1) is 0 Å². The number of carbonyl (C=O) groups excluding carboxylic acids is 2. The van der Waals surface area contributed by atoms with Crippen LogP contribution in [0.25, 0.3) is 0 Å². The number of anilines is 1. The van der Waals surface area contributed by atoms with Gasteiger partial charge in [0.15, 0.2) is 0 Å². The van der Waals surface area contributed by atoms with Gasteiger partial charge >= 0.3 is 0 Å². The quantitative estimate of drug-likeness (QED) is 0.927. The van der Waals surface area contributed by atoms with Crippen LogP contribution in [0, 0.1) is 0 Å². The SMILES string of the molecule is CC(=O)N1CCN([C@H](C)C(=O)Nc2cccc(Cl)c2)CC1. The highest BCUT2D eigenvalue weighted by Gasteiger charge is 2.26. The lowest BCUT2D eigenvalue weighted by atomic mass is 10.2. The standard InChI is InChI=1S/C15H20ClN3O2/c1-11(18-6-8-19(9-7-18)12(2)20)15(21)17-14-5-3-4-13(16)10-14/h3-5,10-11H,6-9H2,1-2H3,(H,17,21)/t11-/m1/s1. The number of rotatable bonds is 3. The van der Waals surface area contributed by atoms with Crippen LogP contribution in [0.1, 0.15) is 13.8 Å². The van der Waals surface area contributed by atoms with E-state index in [4.69, 9.17) is 11.6 Å². The van der Waals surface area contributed by atoms with Crippen LogP contribution in [0.5, 0.6) is 0 Å². The van der Waals surface area contributed by atoms with Crippen LogP contribution >= 0.6 is 11.6 Å². The summed E-state index contributed by atoms with van der Waals surface area (Å²) in [4.78, 5) is 27.4. The summed E-state index contributed by atoms with van der Waals surface area (Å²) in [5, 5.41) is 3.46. The fraction of sp³-hybridized carbons (Fsp3) is 0.467. The Morgan fingerprint density at radius 3 is 2.48 bits per heavy atom. The number of hydrogen-bond donors (Lipinski definition) is 1. The molecule has 1 aliphatic heterocycles. The monoisotopic (exact) mass is 309 g/mol. The zero-order chi connectivity index (χ0) is 15.4. The van der Waals surface area contributed by atoms with E-state index in [0.717, 1.165) is 0 Å². The lowest BCUT2D eigenvalue weighted by Gasteiger charge is -2.37. The van der Waals surface area contributed by atoms with Crippen molar-refractivity contribution in [1.29, 1.82) is 0 Å². The van der Waals surface area contributed by atoms with Crippen LogP contribution in [0.3, 0.4) is 0 Å². The van der Waals surface area contributed by atoms with Gasteiger partial charge in [0.1, 0.15) is 0 Å². The average Bonchev–Trinajstić information content (AvgIpc) is 2.46. The van der Waals surface area contributed by atoms with Crippen molar-refractivity contribution < 1.29 is 9.59 Å². The van der Waals surface area contributed by atoms with E-state index in [2.05, 4.69) is 10.2 Å². The molecule has 21 heavy (non-hydrogen) atoms. The molecule has 1 atom stereocenters. The number of amides is 2. The molecule has 1 heterocycles. The highest BCUT2D eigenvalue weighted by molar-refractivity contribution is 6.30. The fourth-order valence-corrected chi connectivity index (χ4v) is 2.59. The first-order valence-corrected chi connectivity index (χ1v) is 7.41. The summed E-state index contributed by atoms with van der Waals surface area (Å²) in [7, 11) is 0. The molecular formula is C15H20ClN3O2. The molecule has 1 aromatic rings. The third kappa shape index (κ3) is 4.19. The topological polar surface area (TPSA) is 52.7 Å². The highest BCUT2D eigenvalue weighted by Crippen LogP contribution is 2.16. The first-order valence-electron chi connectivity index (χ1n) is 7.03. The first-order chi connectivity index (χ1) is 9.97. The molecule has 5 nitrogen and oxygen atoms in total. The molecule has 1 aliphatic rings. The van der Waals surface area contributed by atoms with Gasteiger partial charge in [0.25, 0.3) is 0 Å². The van der Waals surface area contributed by atoms with Gasteiger partial charge in [-0.3, -0.25) is 14.5 Å². The molecule has 1 saturated heterocycles. The molecule has 114 valence electrons. The Bertz CT molecular complexity index is 527. The Morgan fingerprint density at radius 1 is 1.24 bits per heavy atom. The minimum atomic E-state index is -0.238. The van der Waals surface area contributed by atoms with E-state index >= 15 is 0 Å². The molecule has 0 aromatic heterocycles. The van der Waals surface area contributed by atoms with Crippen molar-refractivity contribution in [3.8, 4) is 0 Å². The first kappa shape index (κ1) is 15.8. The predicted octanol–water partition coefficient (Wildman–Crippen LogP) is 1.83. The van der Waals surface area contributed by atoms with Crippen LogP contribution in [-0.2, 0) is 9.59 Å². The molecule has 0 radical (unpaired) electrons. The van der Waals surface area contributed by atoms with E-state index in [1.165, 1.54) is 0 Å². The predicted molar refractivity (Wildman–Crippen MR) is 83.4 cm³/mol. The van der Waals surface area contributed by atoms with Crippen molar-refractivity contribution in [3.63, 3.8) is 0 Å². The van der Waals surface area contributed by atoms with Crippen molar-refractivity contribution >= 4 is 29.1 Å². The highest BCUT2D eigenvalue weighted by atomic mass is 35.5. The van der Waals surface area contributed by atoms with Crippen LogP contribution in [-0.4, -0.2) is 53.8 Å². The molecule has 0 saturated carbocycles. The Hall–Kier alpha value is -1.59. The summed E-state index contributed by atoms with van der Waals surface area (Å²) in [5.41, 5.74) is 0.696. The Balaban J connectivity index is 1.90. The molecule has 1 N–H and O–H groups in total. The third-order valence-corrected chi connectivity index (χ3v) is 4.01. The zero-order valence-corrected chi connectivity index (χ0v) is 13.1. The fourth-order valence-electron chi connectivity index (χ4n) is 2.40. The van der Waals surface area contributed by atoms with E-state index in [0.29, 0.717) is 36.9 Å². The number of nitrogens with one attached hydrogen (secondary N) is 1. The lowest BCUT2D eigenvalue weighted by Crippen LogP contribution is -2.53. The summed E-state index contributed by atoms with van der Waals surface area (Å²) in [5.74, 6) is 0.0271. The molecule has 2 amide bonds. The van der Waals surface area contributed by atoms with Crippen molar-refractivity contribution in [2.75, 3.05) is 31.5 Å². The van der Waals surface area contributed by atoms with E-state index in [-0.39, 0.29) is 17.9 Å². The van der Waals surface area contributed by atoms with Gasteiger partial charge in [0.05, 0.1) is 6.04 Å². The summed E-state index contributed by atoms with van der Waals surface area (Å²) in [6.45, 7) is 6.22. The van der Waals surface area contributed by atoms with Crippen molar-refractivity contribution in [3.05, 3.63) is 29.3 Å². The molecule has 0 bridgehead atoms. The van der Waals surface area contributed by atoms with Gasteiger partial charge in [-0.1, -0.05) is 17.7 Å². The second kappa shape index (κ2) is 6.91. The van der Waals surface area contributed by atoms with Gasteiger partial charge in [-0.05, 0) is 25.1 Å². The van der Waals surface area contributed by atoms with E-state index in [1.54, 1.807) is 30.0 Å². The maximum Gasteiger partial charge on any atom is 0.241 e. The molecule has 1 fully saturated rings. The number of benzene rings is 1. The molecule has 1 aromatic carbocycles. The largest absolute Gasteiger partial charge is 0.340 e. The second-order valence-corrected chi connectivity index (χ2v) is 5.65. The van der Waals surface area contributed by atoms with E-state index in [1.807, 2.05) is 13.0 Å². The van der Waals surface area contributed by atoms with Crippen molar-refractivity contribution in [2.45, 2.75) is 19.9 Å². The maximum atomic E-state index is 12.3. The van der Waals surface area contributed by atoms with Crippen LogP contribution in [0.15, 0.2) is 24.3 Å². The van der Waals surface area contributed by atoms with Crippen LogP contribution < -0.4 is 5.32 Å². The number of halogens is 1. The molecule has 6 heteroatoms. The average molecular weight is 310 g/mol. The molecular weight excluding hydrogens is 290 g/mol. The number of hydrogen-bond acceptors (Lipinski definition) is 3. The van der Waals surface area contributed by atoms with Gasteiger partial charge in [-0.25, -0.2) is 0 Å². The second-order valence-electron chi connectivity index (χ2n) is 5.22. The van der Waals surface area contributed by atoms with Crippen LogP contribution in [0.4, 0.5) is 5.69 Å². The molecule has 0 spiro atoms. The number of carbonyl (C=O) groups is 2. The Kier molecular flexibility index (Phi) is 5.20. The van der Waals surface area contributed by atoms with Gasteiger partial charge in [-0.2, -0.15) is 0 Å². The van der Waals surface area contributed by atoms with Gasteiger partial charge in [0.2, 0.25) is 11.8 Å². The Morgan fingerprint density at radius 2 is 1.90 bits per heavy atom. The zero-order valence-electron chi connectivity index (χ0n) is 12.3. The summed E-state index contributed by atoms with van der Waals surface area (Å²) >= 11 is 5.90. The van der Waals surface area contributed by atoms with E-state index < -0.39 is 0 Å². The van der Waals surface area contributed by atoms with E-state index in [9.17, 15) is 9.59 Å².